The Kier molecular flexibility index (Phi) is 3.98. The summed E-state index contributed by atoms with van der Waals surface area (Å²) in [5, 5.41) is 0.0853. The lowest BCUT2D eigenvalue weighted by Crippen LogP contribution is -2.24. The smallest absolute Gasteiger partial charge is 0.207 e. The fraction of sp³-hybridized carbons (Fsp3) is 0.400. The monoisotopic (exact) mass is 291 g/mol. The molecule has 1 fully saturated rings. The topological polar surface area (TPSA) is 52.3 Å². The Morgan fingerprint density at radius 2 is 2.15 bits per heavy atom. The van der Waals surface area contributed by atoms with Crippen LogP contribution in [0.1, 0.15) is 19.2 Å². The number of hydrogen-bond acceptors (Lipinski definition) is 4. The minimum absolute atomic E-state index is 0.0550. The summed E-state index contributed by atoms with van der Waals surface area (Å²) in [5.41, 5.74) is 0.981. The average molecular weight is 291 g/mol. The molecule has 2 heterocycles. The Bertz CT molecular complexity index is 596. The average Bonchev–Trinajstić information content (AvgIpc) is 3.09. The zero-order valence-electron chi connectivity index (χ0n) is 11.3. The van der Waals surface area contributed by atoms with Crippen molar-refractivity contribution in [3.8, 4) is 11.3 Å². The van der Waals surface area contributed by atoms with E-state index in [4.69, 9.17) is 9.15 Å². The fourth-order valence-corrected chi connectivity index (χ4v) is 3.86. The van der Waals surface area contributed by atoms with Gasteiger partial charge in [0.15, 0.2) is 5.76 Å². The summed E-state index contributed by atoms with van der Waals surface area (Å²) in [6.07, 6.45) is 2.59. The van der Waals surface area contributed by atoms with Crippen LogP contribution < -0.4 is 0 Å². The zero-order chi connectivity index (χ0) is 13.9. The first-order valence-electron chi connectivity index (χ1n) is 6.73. The van der Waals surface area contributed by atoms with E-state index >= 15 is 0 Å². The van der Waals surface area contributed by atoms with Gasteiger partial charge in [-0.25, -0.2) is 4.98 Å². The molecule has 0 radical (unpaired) electrons. The molecule has 4 nitrogen and oxygen atoms in total. The first-order valence-corrected chi connectivity index (χ1v) is 8.11. The highest BCUT2D eigenvalue weighted by atomic mass is 32.2. The van der Waals surface area contributed by atoms with E-state index in [1.165, 1.54) is 0 Å². The normalized spacial score (nSPS) is 23.9. The predicted molar refractivity (Wildman–Crippen MR) is 77.6 cm³/mol. The maximum atomic E-state index is 12.3. The molecule has 0 bridgehead atoms. The molecule has 0 saturated carbocycles. The van der Waals surface area contributed by atoms with Gasteiger partial charge in [0.1, 0.15) is 5.75 Å². The molecule has 20 heavy (non-hydrogen) atoms. The summed E-state index contributed by atoms with van der Waals surface area (Å²) in [5.74, 6) is 1.60. The summed E-state index contributed by atoms with van der Waals surface area (Å²) < 4.78 is 23.4. The van der Waals surface area contributed by atoms with Crippen LogP contribution >= 0.6 is 0 Å². The molecule has 3 atom stereocenters. The minimum atomic E-state index is -1.00. The van der Waals surface area contributed by atoms with Gasteiger partial charge in [-0.05, 0) is 13.3 Å². The van der Waals surface area contributed by atoms with Crippen molar-refractivity contribution < 1.29 is 13.4 Å². The van der Waals surface area contributed by atoms with E-state index in [2.05, 4.69) is 4.98 Å². The largest absolute Gasteiger partial charge is 0.440 e. The molecule has 1 aromatic heterocycles. The van der Waals surface area contributed by atoms with Crippen LogP contribution in [0.25, 0.3) is 11.3 Å². The lowest BCUT2D eigenvalue weighted by Gasteiger charge is -2.11. The summed E-state index contributed by atoms with van der Waals surface area (Å²) in [7, 11) is -1.00. The SMILES string of the molecule is C[C@@H]1OCC[C@@H]1[S@@](=O)Cc1ncc(-c2ccccc2)o1. The van der Waals surface area contributed by atoms with Crippen LogP contribution in [-0.2, 0) is 21.3 Å². The lowest BCUT2D eigenvalue weighted by molar-refractivity contribution is 0.127. The zero-order valence-corrected chi connectivity index (χ0v) is 12.1. The molecule has 0 unspecified atom stereocenters. The Balaban J connectivity index is 1.70. The minimum Gasteiger partial charge on any atom is -0.440 e. The van der Waals surface area contributed by atoms with Crippen molar-refractivity contribution in [2.75, 3.05) is 6.61 Å². The molecule has 3 rings (SSSR count). The molecule has 1 aromatic carbocycles. The maximum Gasteiger partial charge on any atom is 0.207 e. The second kappa shape index (κ2) is 5.89. The number of benzene rings is 1. The van der Waals surface area contributed by atoms with Crippen LogP contribution in [0.15, 0.2) is 40.9 Å². The quantitative estimate of drug-likeness (QED) is 0.869. The van der Waals surface area contributed by atoms with Crippen LogP contribution in [0.3, 0.4) is 0 Å². The molecule has 5 heteroatoms. The number of nitrogens with zero attached hydrogens (tertiary/aromatic N) is 1. The number of ether oxygens (including phenoxy) is 1. The van der Waals surface area contributed by atoms with Gasteiger partial charge in [0, 0.05) is 23.0 Å². The second-order valence-corrected chi connectivity index (χ2v) is 6.57. The van der Waals surface area contributed by atoms with Gasteiger partial charge in [-0.3, -0.25) is 4.21 Å². The first-order chi connectivity index (χ1) is 9.74. The van der Waals surface area contributed by atoms with Gasteiger partial charge in [0.25, 0.3) is 0 Å². The molecule has 0 amide bonds. The lowest BCUT2D eigenvalue weighted by atomic mass is 10.2. The third kappa shape index (κ3) is 2.83. The van der Waals surface area contributed by atoms with Crippen molar-refractivity contribution in [2.24, 2.45) is 0 Å². The molecule has 1 aliphatic heterocycles. The highest BCUT2D eigenvalue weighted by molar-refractivity contribution is 7.84. The summed E-state index contributed by atoms with van der Waals surface area (Å²) in [6.45, 7) is 2.67. The third-order valence-corrected chi connectivity index (χ3v) is 5.35. The van der Waals surface area contributed by atoms with Gasteiger partial charge in [-0.2, -0.15) is 0 Å². The van der Waals surface area contributed by atoms with Crippen molar-refractivity contribution in [1.29, 1.82) is 0 Å². The van der Waals surface area contributed by atoms with Crippen molar-refractivity contribution in [3.63, 3.8) is 0 Å². The van der Waals surface area contributed by atoms with Gasteiger partial charge in [-0.15, -0.1) is 0 Å². The Morgan fingerprint density at radius 1 is 1.35 bits per heavy atom. The van der Waals surface area contributed by atoms with Crippen LogP contribution in [0.4, 0.5) is 0 Å². The molecule has 2 aromatic rings. The summed E-state index contributed by atoms with van der Waals surface area (Å²) in [6, 6.07) is 9.79. The molecular formula is C15H17NO3S. The first kappa shape index (κ1) is 13.5. The van der Waals surface area contributed by atoms with Gasteiger partial charge in [0.2, 0.25) is 5.89 Å². The number of rotatable bonds is 4. The van der Waals surface area contributed by atoms with Crippen molar-refractivity contribution >= 4 is 10.8 Å². The van der Waals surface area contributed by atoms with Crippen LogP contribution in [0, 0.1) is 0 Å². The second-order valence-electron chi connectivity index (χ2n) is 4.91. The molecule has 106 valence electrons. The van der Waals surface area contributed by atoms with E-state index in [-0.39, 0.29) is 11.4 Å². The van der Waals surface area contributed by atoms with Gasteiger partial charge >= 0.3 is 0 Å². The highest BCUT2D eigenvalue weighted by Crippen LogP contribution is 2.23. The number of hydrogen-bond donors (Lipinski definition) is 0. The third-order valence-electron chi connectivity index (χ3n) is 3.52. The summed E-state index contributed by atoms with van der Waals surface area (Å²) >= 11 is 0. The number of oxazole rings is 1. The Morgan fingerprint density at radius 3 is 2.85 bits per heavy atom. The van der Waals surface area contributed by atoms with Crippen LogP contribution in [-0.4, -0.2) is 27.2 Å². The molecule has 0 spiro atoms. The highest BCUT2D eigenvalue weighted by Gasteiger charge is 2.30. The van der Waals surface area contributed by atoms with E-state index < -0.39 is 10.8 Å². The standard InChI is InChI=1S/C15H17NO3S/c1-11-14(7-8-18-11)20(17)10-15-16-9-13(19-15)12-5-3-2-4-6-12/h2-6,9,11,14H,7-8,10H2,1H3/t11-,14-,20-/m0/s1. The predicted octanol–water partition coefficient (Wildman–Crippen LogP) is 2.77. The van der Waals surface area contributed by atoms with E-state index in [9.17, 15) is 4.21 Å². The molecule has 1 aliphatic rings. The van der Waals surface area contributed by atoms with E-state index in [0.29, 0.717) is 24.0 Å². The van der Waals surface area contributed by atoms with E-state index in [1.54, 1.807) is 6.20 Å². The van der Waals surface area contributed by atoms with Gasteiger partial charge in [0.05, 0.1) is 17.6 Å². The van der Waals surface area contributed by atoms with Crippen LogP contribution in [0.5, 0.6) is 0 Å². The Labute approximate surface area is 120 Å². The molecule has 0 N–H and O–H groups in total. The molecular weight excluding hydrogens is 274 g/mol. The Hall–Kier alpha value is -1.46. The summed E-state index contributed by atoms with van der Waals surface area (Å²) in [4.78, 5) is 4.23. The molecule has 1 saturated heterocycles. The van der Waals surface area contributed by atoms with Crippen molar-refractivity contribution in [2.45, 2.75) is 30.5 Å². The fourth-order valence-electron chi connectivity index (χ4n) is 2.40. The maximum absolute atomic E-state index is 12.3. The van der Waals surface area contributed by atoms with Crippen LogP contribution in [0.2, 0.25) is 0 Å². The van der Waals surface area contributed by atoms with Crippen molar-refractivity contribution in [3.05, 3.63) is 42.4 Å². The van der Waals surface area contributed by atoms with Gasteiger partial charge in [-0.1, -0.05) is 30.3 Å². The molecule has 0 aliphatic carbocycles. The van der Waals surface area contributed by atoms with Crippen molar-refractivity contribution in [1.82, 2.24) is 4.98 Å². The van der Waals surface area contributed by atoms with E-state index in [0.717, 1.165) is 12.0 Å². The van der Waals surface area contributed by atoms with E-state index in [1.807, 2.05) is 37.3 Å². The number of aromatic nitrogens is 1. The van der Waals surface area contributed by atoms with Gasteiger partial charge < -0.3 is 9.15 Å².